The molecular weight excluding hydrogens is 246 g/mol. The summed E-state index contributed by atoms with van der Waals surface area (Å²) < 4.78 is 1.38. The van der Waals surface area contributed by atoms with Crippen molar-refractivity contribution in [1.29, 1.82) is 0 Å². The second-order valence-corrected chi connectivity index (χ2v) is 4.01. The number of hydrogen-bond donors (Lipinski definition) is 2. The number of carboxylic acid groups (broad SMARTS) is 1. The predicted octanol–water partition coefficient (Wildman–Crippen LogP) is 1.53. The van der Waals surface area contributed by atoms with Crippen LogP contribution in [0.5, 0.6) is 0 Å². The third-order valence-electron chi connectivity index (χ3n) is 2.62. The summed E-state index contributed by atoms with van der Waals surface area (Å²) in [4.78, 5) is 26.8. The van der Waals surface area contributed by atoms with Gasteiger partial charge in [0.25, 0.3) is 5.91 Å². The number of nitrogens with zero attached hydrogens (tertiary/aromatic N) is 2. The topological polar surface area (TPSA) is 84.2 Å². The van der Waals surface area contributed by atoms with Crippen molar-refractivity contribution in [3.63, 3.8) is 0 Å². The number of carbonyl (C=O) groups is 2. The van der Waals surface area contributed by atoms with Gasteiger partial charge < -0.3 is 15.0 Å². The van der Waals surface area contributed by atoms with E-state index in [0.29, 0.717) is 17.1 Å². The van der Waals surface area contributed by atoms with Crippen LogP contribution in [0.3, 0.4) is 0 Å². The van der Waals surface area contributed by atoms with Crippen LogP contribution in [0.25, 0.3) is 0 Å². The van der Waals surface area contributed by atoms with Crippen molar-refractivity contribution in [3.8, 4) is 0 Å². The molecule has 2 aromatic rings. The number of aryl methyl sites for hydroxylation is 1. The highest BCUT2D eigenvalue weighted by Crippen LogP contribution is 2.12. The molecule has 2 heterocycles. The van der Waals surface area contributed by atoms with Gasteiger partial charge in [-0.05, 0) is 31.2 Å². The molecule has 0 fully saturated rings. The third-order valence-corrected chi connectivity index (χ3v) is 2.62. The maximum absolute atomic E-state index is 12.1. The molecule has 0 spiro atoms. The van der Waals surface area contributed by atoms with E-state index >= 15 is 0 Å². The van der Waals surface area contributed by atoms with E-state index in [1.807, 2.05) is 0 Å². The summed E-state index contributed by atoms with van der Waals surface area (Å²) in [5.74, 6) is -1.36. The third kappa shape index (κ3) is 2.98. The maximum atomic E-state index is 12.1. The largest absolute Gasteiger partial charge is 0.480 e. The Kier molecular flexibility index (Phi) is 3.61. The number of amides is 1. The lowest BCUT2D eigenvalue weighted by Crippen LogP contribution is -2.19. The second kappa shape index (κ2) is 5.34. The van der Waals surface area contributed by atoms with Crippen molar-refractivity contribution in [2.24, 2.45) is 0 Å². The Bertz CT molecular complexity index is 619. The Hall–Kier alpha value is -2.63. The fourth-order valence-corrected chi connectivity index (χ4v) is 1.71. The van der Waals surface area contributed by atoms with Gasteiger partial charge in [0.05, 0.1) is 11.4 Å². The van der Waals surface area contributed by atoms with Gasteiger partial charge in [-0.25, -0.2) is 0 Å². The van der Waals surface area contributed by atoms with Crippen LogP contribution in [0.1, 0.15) is 16.2 Å². The monoisotopic (exact) mass is 259 g/mol. The molecule has 6 heteroatoms. The van der Waals surface area contributed by atoms with E-state index in [1.165, 1.54) is 4.57 Å². The van der Waals surface area contributed by atoms with Crippen LogP contribution in [-0.4, -0.2) is 26.5 Å². The number of aliphatic carboxylic acids is 1. The van der Waals surface area contributed by atoms with Crippen LogP contribution in [0, 0.1) is 6.92 Å². The summed E-state index contributed by atoms with van der Waals surface area (Å²) in [6, 6.07) is 6.67. The van der Waals surface area contributed by atoms with E-state index in [0.717, 1.165) is 0 Å². The fraction of sp³-hybridized carbons (Fsp3) is 0.154. The molecule has 0 aliphatic heterocycles. The van der Waals surface area contributed by atoms with Crippen LogP contribution in [-0.2, 0) is 11.3 Å². The SMILES string of the molecule is Cc1ncccc1NC(=O)c1cccn1CC(=O)O. The number of pyridine rings is 1. The van der Waals surface area contributed by atoms with Gasteiger partial charge in [0, 0.05) is 12.4 Å². The molecule has 0 aliphatic carbocycles. The number of carboxylic acids is 1. The summed E-state index contributed by atoms with van der Waals surface area (Å²) in [5.41, 5.74) is 1.61. The lowest BCUT2D eigenvalue weighted by atomic mass is 10.3. The molecule has 0 saturated carbocycles. The van der Waals surface area contributed by atoms with Crippen LogP contribution >= 0.6 is 0 Å². The Labute approximate surface area is 109 Å². The number of hydrogen-bond acceptors (Lipinski definition) is 3. The van der Waals surface area contributed by atoms with Crippen LogP contribution < -0.4 is 5.32 Å². The average Bonchev–Trinajstić information content (AvgIpc) is 2.79. The zero-order chi connectivity index (χ0) is 13.8. The minimum Gasteiger partial charge on any atom is -0.480 e. The standard InChI is InChI=1S/C13H13N3O3/c1-9-10(4-2-6-14-9)15-13(19)11-5-3-7-16(11)8-12(17)18/h2-7H,8H2,1H3,(H,15,19)(H,17,18). The molecule has 0 aliphatic rings. The van der Waals surface area contributed by atoms with E-state index in [9.17, 15) is 9.59 Å². The van der Waals surface area contributed by atoms with Gasteiger partial charge in [-0.15, -0.1) is 0 Å². The Morgan fingerprint density at radius 1 is 1.37 bits per heavy atom. The second-order valence-electron chi connectivity index (χ2n) is 4.01. The van der Waals surface area contributed by atoms with Gasteiger partial charge >= 0.3 is 5.97 Å². The molecule has 2 N–H and O–H groups in total. The first-order valence-corrected chi connectivity index (χ1v) is 5.68. The predicted molar refractivity (Wildman–Crippen MR) is 69.0 cm³/mol. The van der Waals surface area contributed by atoms with E-state index in [4.69, 9.17) is 5.11 Å². The lowest BCUT2D eigenvalue weighted by molar-refractivity contribution is -0.137. The van der Waals surface area contributed by atoms with Gasteiger partial charge in [0.15, 0.2) is 0 Å². The molecule has 2 rings (SSSR count). The van der Waals surface area contributed by atoms with E-state index in [1.54, 1.807) is 43.6 Å². The Morgan fingerprint density at radius 2 is 2.16 bits per heavy atom. The summed E-state index contributed by atoms with van der Waals surface area (Å²) in [6.45, 7) is 1.54. The molecule has 0 aromatic carbocycles. The molecule has 98 valence electrons. The molecular formula is C13H13N3O3. The van der Waals surface area contributed by atoms with E-state index < -0.39 is 5.97 Å². The highest BCUT2D eigenvalue weighted by Gasteiger charge is 2.13. The van der Waals surface area contributed by atoms with Gasteiger partial charge in [0.2, 0.25) is 0 Å². The first-order chi connectivity index (χ1) is 9.08. The van der Waals surface area contributed by atoms with Crippen molar-refractivity contribution in [3.05, 3.63) is 48.0 Å². The molecule has 19 heavy (non-hydrogen) atoms. The maximum Gasteiger partial charge on any atom is 0.323 e. The molecule has 6 nitrogen and oxygen atoms in total. The van der Waals surface area contributed by atoms with Crippen LogP contribution in [0.15, 0.2) is 36.7 Å². The van der Waals surface area contributed by atoms with Gasteiger partial charge in [-0.2, -0.15) is 0 Å². The normalized spacial score (nSPS) is 10.2. The zero-order valence-corrected chi connectivity index (χ0v) is 10.3. The number of anilines is 1. The first kappa shape index (κ1) is 12.8. The van der Waals surface area contributed by atoms with Crippen molar-refractivity contribution in [2.45, 2.75) is 13.5 Å². The summed E-state index contributed by atoms with van der Waals surface area (Å²) in [7, 11) is 0. The van der Waals surface area contributed by atoms with Crippen molar-refractivity contribution < 1.29 is 14.7 Å². The Balaban J connectivity index is 2.19. The number of aromatic nitrogens is 2. The smallest absolute Gasteiger partial charge is 0.323 e. The first-order valence-electron chi connectivity index (χ1n) is 5.68. The minimum absolute atomic E-state index is 0.248. The molecule has 0 atom stereocenters. The summed E-state index contributed by atoms with van der Waals surface area (Å²) in [6.07, 6.45) is 3.19. The lowest BCUT2D eigenvalue weighted by Gasteiger charge is -2.09. The zero-order valence-electron chi connectivity index (χ0n) is 10.3. The average molecular weight is 259 g/mol. The van der Waals surface area contributed by atoms with E-state index in [-0.39, 0.29) is 12.5 Å². The van der Waals surface area contributed by atoms with Crippen molar-refractivity contribution in [1.82, 2.24) is 9.55 Å². The number of rotatable bonds is 4. The van der Waals surface area contributed by atoms with Gasteiger partial charge in [-0.3, -0.25) is 14.6 Å². The van der Waals surface area contributed by atoms with E-state index in [2.05, 4.69) is 10.3 Å². The number of nitrogens with one attached hydrogen (secondary N) is 1. The van der Waals surface area contributed by atoms with Crippen molar-refractivity contribution >= 4 is 17.6 Å². The number of carbonyl (C=O) groups excluding carboxylic acids is 1. The summed E-state index contributed by atoms with van der Waals surface area (Å²) in [5, 5.41) is 11.5. The molecule has 0 saturated heterocycles. The van der Waals surface area contributed by atoms with Gasteiger partial charge in [0.1, 0.15) is 12.2 Å². The molecule has 2 aromatic heterocycles. The molecule has 1 amide bonds. The molecule has 0 radical (unpaired) electrons. The fourth-order valence-electron chi connectivity index (χ4n) is 1.71. The quantitative estimate of drug-likeness (QED) is 0.872. The molecule has 0 bridgehead atoms. The van der Waals surface area contributed by atoms with Crippen LogP contribution in [0.2, 0.25) is 0 Å². The molecule has 0 unspecified atom stereocenters. The highest BCUT2D eigenvalue weighted by atomic mass is 16.4. The van der Waals surface area contributed by atoms with Crippen LogP contribution in [0.4, 0.5) is 5.69 Å². The van der Waals surface area contributed by atoms with Crippen molar-refractivity contribution in [2.75, 3.05) is 5.32 Å². The summed E-state index contributed by atoms with van der Waals surface area (Å²) >= 11 is 0. The van der Waals surface area contributed by atoms with Gasteiger partial charge in [-0.1, -0.05) is 0 Å². The Morgan fingerprint density at radius 3 is 2.84 bits per heavy atom. The highest BCUT2D eigenvalue weighted by molar-refractivity contribution is 6.03. The minimum atomic E-state index is -0.997.